The fourth-order valence-electron chi connectivity index (χ4n) is 2.37. The monoisotopic (exact) mass is 372 g/mol. The lowest BCUT2D eigenvalue weighted by Gasteiger charge is -2.08. The van der Waals surface area contributed by atoms with E-state index in [4.69, 9.17) is 0 Å². The van der Waals surface area contributed by atoms with Crippen molar-refractivity contribution in [1.29, 1.82) is 0 Å². The summed E-state index contributed by atoms with van der Waals surface area (Å²) in [6, 6.07) is 12.5. The molecule has 0 aliphatic rings. The van der Waals surface area contributed by atoms with Crippen LogP contribution in [0.4, 0.5) is 24.7 Å². The van der Waals surface area contributed by atoms with Gasteiger partial charge in [0.05, 0.1) is 5.69 Å². The van der Waals surface area contributed by atoms with Crippen LogP contribution < -0.4 is 10.6 Å². The second kappa shape index (κ2) is 7.86. The third-order valence-corrected chi connectivity index (χ3v) is 3.74. The predicted octanol–water partition coefficient (Wildman–Crippen LogP) is 4.07. The summed E-state index contributed by atoms with van der Waals surface area (Å²) in [5, 5.41) is 12.8. The molecule has 8 heteroatoms. The van der Waals surface area contributed by atoms with Crippen LogP contribution in [0, 0.1) is 24.4 Å². The SMILES string of the molecule is Cc1cccc(CNc2ccc(C(=O)Nc3ccc(F)c(F)c3F)nn2)c1. The number of halogens is 3. The van der Waals surface area contributed by atoms with Gasteiger partial charge in [-0.2, -0.15) is 0 Å². The van der Waals surface area contributed by atoms with E-state index in [1.165, 1.54) is 6.07 Å². The van der Waals surface area contributed by atoms with Crippen LogP contribution >= 0.6 is 0 Å². The molecule has 0 atom stereocenters. The van der Waals surface area contributed by atoms with E-state index in [2.05, 4.69) is 20.8 Å². The van der Waals surface area contributed by atoms with Crippen LogP contribution in [-0.2, 0) is 6.54 Å². The Morgan fingerprint density at radius 2 is 1.81 bits per heavy atom. The van der Waals surface area contributed by atoms with Gasteiger partial charge < -0.3 is 10.6 Å². The Hall–Kier alpha value is -3.42. The number of carbonyl (C=O) groups excluding carboxylic acids is 1. The Morgan fingerprint density at radius 1 is 1.00 bits per heavy atom. The van der Waals surface area contributed by atoms with Crippen molar-refractivity contribution in [3.63, 3.8) is 0 Å². The zero-order valence-electron chi connectivity index (χ0n) is 14.3. The number of rotatable bonds is 5. The van der Waals surface area contributed by atoms with E-state index < -0.39 is 29.0 Å². The van der Waals surface area contributed by atoms with Gasteiger partial charge in [0.2, 0.25) is 0 Å². The first-order chi connectivity index (χ1) is 12.9. The predicted molar refractivity (Wildman–Crippen MR) is 94.8 cm³/mol. The lowest BCUT2D eigenvalue weighted by Crippen LogP contribution is -2.16. The number of benzene rings is 2. The molecule has 138 valence electrons. The highest BCUT2D eigenvalue weighted by molar-refractivity contribution is 6.02. The largest absolute Gasteiger partial charge is 0.365 e. The lowest BCUT2D eigenvalue weighted by atomic mass is 10.1. The molecule has 1 heterocycles. The highest BCUT2D eigenvalue weighted by Gasteiger charge is 2.16. The second-order valence-corrected chi connectivity index (χ2v) is 5.82. The molecule has 3 aromatic rings. The van der Waals surface area contributed by atoms with Gasteiger partial charge in [0.15, 0.2) is 23.1 Å². The Kier molecular flexibility index (Phi) is 5.35. The first-order valence-electron chi connectivity index (χ1n) is 8.02. The Morgan fingerprint density at radius 3 is 2.52 bits per heavy atom. The average molecular weight is 372 g/mol. The Labute approximate surface area is 153 Å². The van der Waals surface area contributed by atoms with E-state index >= 15 is 0 Å². The molecule has 2 N–H and O–H groups in total. The van der Waals surface area contributed by atoms with Gasteiger partial charge in [-0.05, 0) is 36.8 Å². The minimum absolute atomic E-state index is 0.0970. The number of aryl methyl sites for hydroxylation is 1. The number of amides is 1. The van der Waals surface area contributed by atoms with Crippen LogP contribution in [0.1, 0.15) is 21.6 Å². The summed E-state index contributed by atoms with van der Waals surface area (Å²) in [6.45, 7) is 2.52. The molecule has 0 saturated heterocycles. The maximum atomic E-state index is 13.6. The summed E-state index contributed by atoms with van der Waals surface area (Å²) in [7, 11) is 0. The maximum absolute atomic E-state index is 13.6. The third kappa shape index (κ3) is 4.41. The van der Waals surface area contributed by atoms with Gasteiger partial charge in [-0.25, -0.2) is 13.2 Å². The summed E-state index contributed by atoms with van der Waals surface area (Å²) in [4.78, 5) is 12.1. The van der Waals surface area contributed by atoms with Gasteiger partial charge >= 0.3 is 0 Å². The molecule has 5 nitrogen and oxygen atoms in total. The summed E-state index contributed by atoms with van der Waals surface area (Å²) in [5.41, 5.74) is 1.62. The average Bonchev–Trinajstić information content (AvgIpc) is 2.67. The van der Waals surface area contributed by atoms with E-state index in [0.29, 0.717) is 12.4 Å². The van der Waals surface area contributed by atoms with Crippen molar-refractivity contribution in [2.24, 2.45) is 0 Å². The summed E-state index contributed by atoms with van der Waals surface area (Å²) in [6.07, 6.45) is 0. The summed E-state index contributed by atoms with van der Waals surface area (Å²) < 4.78 is 39.8. The summed E-state index contributed by atoms with van der Waals surface area (Å²) >= 11 is 0. The standard InChI is InChI=1S/C19H15F3N4O/c1-11-3-2-4-12(9-11)10-23-16-8-7-15(25-26-16)19(27)24-14-6-5-13(20)17(21)18(14)22/h2-9H,10H2,1H3,(H,23,26)(H,24,27). The first-order valence-corrected chi connectivity index (χ1v) is 8.02. The Balaban J connectivity index is 1.64. The van der Waals surface area contributed by atoms with Gasteiger partial charge in [0, 0.05) is 6.54 Å². The van der Waals surface area contributed by atoms with Crippen molar-refractivity contribution in [2.45, 2.75) is 13.5 Å². The van der Waals surface area contributed by atoms with Crippen molar-refractivity contribution in [1.82, 2.24) is 10.2 Å². The fraction of sp³-hybridized carbons (Fsp3) is 0.105. The van der Waals surface area contributed by atoms with E-state index in [0.717, 1.165) is 23.3 Å². The number of aromatic nitrogens is 2. The molecule has 0 aliphatic carbocycles. The molecule has 0 spiro atoms. The molecule has 0 unspecified atom stereocenters. The molecule has 0 fully saturated rings. The molecule has 0 aliphatic heterocycles. The Bertz CT molecular complexity index is 977. The van der Waals surface area contributed by atoms with Crippen LogP contribution in [0.5, 0.6) is 0 Å². The van der Waals surface area contributed by atoms with Gasteiger partial charge in [-0.1, -0.05) is 29.8 Å². The molecular weight excluding hydrogens is 357 g/mol. The lowest BCUT2D eigenvalue weighted by molar-refractivity contribution is 0.102. The van der Waals surface area contributed by atoms with Gasteiger partial charge in [-0.3, -0.25) is 4.79 Å². The minimum Gasteiger partial charge on any atom is -0.365 e. The molecule has 2 aromatic carbocycles. The van der Waals surface area contributed by atoms with E-state index in [1.54, 1.807) is 6.07 Å². The number of hydrogen-bond acceptors (Lipinski definition) is 4. The zero-order valence-corrected chi connectivity index (χ0v) is 14.3. The van der Waals surface area contributed by atoms with Crippen LogP contribution in [0.25, 0.3) is 0 Å². The van der Waals surface area contributed by atoms with Crippen molar-refractivity contribution in [3.05, 3.63) is 82.8 Å². The zero-order chi connectivity index (χ0) is 19.4. The highest BCUT2D eigenvalue weighted by Crippen LogP contribution is 2.20. The fourth-order valence-corrected chi connectivity index (χ4v) is 2.37. The van der Waals surface area contributed by atoms with Gasteiger partial charge in [0.1, 0.15) is 5.82 Å². The normalized spacial score (nSPS) is 10.5. The topological polar surface area (TPSA) is 66.9 Å². The van der Waals surface area contributed by atoms with Crippen LogP contribution in [0.15, 0.2) is 48.5 Å². The van der Waals surface area contributed by atoms with Gasteiger partial charge in [0.25, 0.3) is 5.91 Å². The molecule has 0 saturated carbocycles. The van der Waals surface area contributed by atoms with E-state index in [9.17, 15) is 18.0 Å². The van der Waals surface area contributed by atoms with E-state index in [1.807, 2.05) is 31.2 Å². The molecule has 0 radical (unpaired) electrons. The smallest absolute Gasteiger partial charge is 0.276 e. The molecule has 27 heavy (non-hydrogen) atoms. The number of hydrogen-bond donors (Lipinski definition) is 2. The highest BCUT2D eigenvalue weighted by atomic mass is 19.2. The molecule has 0 bridgehead atoms. The molecule has 1 amide bonds. The molecular formula is C19H15F3N4O. The summed E-state index contributed by atoms with van der Waals surface area (Å²) in [5.74, 6) is -4.82. The molecule has 3 rings (SSSR count). The number of carbonyl (C=O) groups is 1. The van der Waals surface area contributed by atoms with Crippen LogP contribution in [-0.4, -0.2) is 16.1 Å². The van der Waals surface area contributed by atoms with Crippen molar-refractivity contribution < 1.29 is 18.0 Å². The minimum atomic E-state index is -1.66. The quantitative estimate of drug-likeness (QED) is 0.663. The van der Waals surface area contributed by atoms with Crippen molar-refractivity contribution >= 4 is 17.4 Å². The molecule has 1 aromatic heterocycles. The number of nitrogens with zero attached hydrogens (tertiary/aromatic N) is 2. The maximum Gasteiger partial charge on any atom is 0.276 e. The van der Waals surface area contributed by atoms with E-state index in [-0.39, 0.29) is 5.69 Å². The third-order valence-electron chi connectivity index (χ3n) is 3.74. The number of nitrogens with one attached hydrogen (secondary N) is 2. The van der Waals surface area contributed by atoms with Crippen molar-refractivity contribution in [2.75, 3.05) is 10.6 Å². The van der Waals surface area contributed by atoms with Crippen LogP contribution in [0.2, 0.25) is 0 Å². The van der Waals surface area contributed by atoms with Gasteiger partial charge in [-0.15, -0.1) is 10.2 Å². The van der Waals surface area contributed by atoms with Crippen LogP contribution in [0.3, 0.4) is 0 Å². The first kappa shape index (κ1) is 18.4. The van der Waals surface area contributed by atoms with Crippen molar-refractivity contribution in [3.8, 4) is 0 Å². The number of anilines is 2. The second-order valence-electron chi connectivity index (χ2n) is 5.82.